The first-order valence-electron chi connectivity index (χ1n) is 12.4. The molecule has 2 aliphatic rings. The number of ether oxygens (including phenoxy) is 2. The maximum Gasteiger partial charge on any atom is 0.195 e. The van der Waals surface area contributed by atoms with Gasteiger partial charge in [0.05, 0.1) is 45.7 Å². The smallest absolute Gasteiger partial charge is 0.195 e. The Labute approximate surface area is 204 Å². The van der Waals surface area contributed by atoms with E-state index in [2.05, 4.69) is 55.4 Å². The molecule has 4 rings (SSSR count). The highest BCUT2D eigenvalue weighted by molar-refractivity contribution is 5.89. The zero-order chi connectivity index (χ0) is 24.7. The Bertz CT molecular complexity index is 1010. The van der Waals surface area contributed by atoms with Crippen molar-refractivity contribution in [2.75, 3.05) is 13.2 Å². The van der Waals surface area contributed by atoms with E-state index < -0.39 is 10.8 Å². The van der Waals surface area contributed by atoms with Crippen LogP contribution in [0.4, 0.5) is 0 Å². The number of hydrogen-bond donors (Lipinski definition) is 0. The molecule has 0 bridgehead atoms. The lowest BCUT2D eigenvalue weighted by Gasteiger charge is -2.25. The number of nitrogens with zero attached hydrogens (tertiary/aromatic N) is 4. The summed E-state index contributed by atoms with van der Waals surface area (Å²) < 4.78 is 12.0. The highest BCUT2D eigenvalue weighted by atomic mass is 16.5. The fourth-order valence-corrected chi connectivity index (χ4v) is 4.22. The van der Waals surface area contributed by atoms with Crippen molar-refractivity contribution in [2.45, 2.75) is 78.3 Å². The molecule has 2 aliphatic heterocycles. The van der Waals surface area contributed by atoms with Gasteiger partial charge in [-0.15, -0.1) is 0 Å². The SMILES string of the molecule is CC(C)[C@H]1COC(C(C)(C)c2cccc(-c3cccc(C(C)(C)C4=N[C@@H](C(C)C)CO4)n3)n2)=N1. The van der Waals surface area contributed by atoms with Crippen LogP contribution in [0.1, 0.15) is 66.8 Å². The van der Waals surface area contributed by atoms with Gasteiger partial charge in [0.1, 0.15) is 13.2 Å². The van der Waals surface area contributed by atoms with Gasteiger partial charge >= 0.3 is 0 Å². The Morgan fingerprint density at radius 1 is 0.676 bits per heavy atom. The topological polar surface area (TPSA) is 69.0 Å². The summed E-state index contributed by atoms with van der Waals surface area (Å²) in [6, 6.07) is 12.6. The van der Waals surface area contributed by atoms with Crippen LogP contribution in [-0.2, 0) is 20.3 Å². The molecule has 0 aromatic carbocycles. The van der Waals surface area contributed by atoms with Crippen molar-refractivity contribution in [1.82, 2.24) is 9.97 Å². The summed E-state index contributed by atoms with van der Waals surface area (Å²) in [4.78, 5) is 19.7. The standard InChI is InChI=1S/C28H38N4O2/c1-17(2)21-15-33-25(31-21)27(5,6)23-13-9-11-19(29-23)20-12-10-14-24(30-20)28(7,8)26-32-22(16-34-26)18(3)4/h9-14,17-18,21-22H,15-16H2,1-8H3/t21-,22-/m1/s1. The quantitative estimate of drug-likeness (QED) is 0.537. The molecule has 2 aromatic rings. The van der Waals surface area contributed by atoms with Crippen LogP contribution in [0.15, 0.2) is 46.4 Å². The van der Waals surface area contributed by atoms with Crippen LogP contribution >= 0.6 is 0 Å². The van der Waals surface area contributed by atoms with Crippen LogP contribution in [-0.4, -0.2) is 47.1 Å². The second kappa shape index (κ2) is 9.12. The van der Waals surface area contributed by atoms with Gasteiger partial charge in [-0.2, -0.15) is 0 Å². The van der Waals surface area contributed by atoms with E-state index in [4.69, 9.17) is 29.4 Å². The van der Waals surface area contributed by atoms with Gasteiger partial charge in [-0.05, 0) is 63.8 Å². The molecule has 0 saturated carbocycles. The van der Waals surface area contributed by atoms with E-state index in [1.807, 2.05) is 36.4 Å². The molecule has 0 spiro atoms. The van der Waals surface area contributed by atoms with Crippen molar-refractivity contribution in [3.8, 4) is 11.4 Å². The van der Waals surface area contributed by atoms with Gasteiger partial charge in [-0.3, -0.25) is 9.97 Å². The first-order valence-corrected chi connectivity index (χ1v) is 12.4. The number of pyridine rings is 2. The van der Waals surface area contributed by atoms with Gasteiger partial charge in [0.2, 0.25) is 0 Å². The number of hydrogen-bond acceptors (Lipinski definition) is 6. The van der Waals surface area contributed by atoms with E-state index >= 15 is 0 Å². The third-order valence-corrected chi connectivity index (χ3v) is 7.00. The summed E-state index contributed by atoms with van der Waals surface area (Å²) in [7, 11) is 0. The van der Waals surface area contributed by atoms with Crippen molar-refractivity contribution in [2.24, 2.45) is 21.8 Å². The molecular formula is C28H38N4O2. The van der Waals surface area contributed by atoms with Crippen LogP contribution in [0.3, 0.4) is 0 Å². The van der Waals surface area contributed by atoms with Crippen molar-refractivity contribution in [3.05, 3.63) is 47.8 Å². The van der Waals surface area contributed by atoms with Gasteiger partial charge < -0.3 is 9.47 Å². The van der Waals surface area contributed by atoms with Crippen molar-refractivity contribution >= 4 is 11.8 Å². The average Bonchev–Trinajstić information content (AvgIpc) is 3.50. The Kier molecular flexibility index (Phi) is 6.54. The molecule has 0 fully saturated rings. The Hall–Kier alpha value is -2.76. The van der Waals surface area contributed by atoms with E-state index in [1.54, 1.807) is 0 Å². The molecule has 0 saturated heterocycles. The second-order valence-electron chi connectivity index (χ2n) is 11.2. The molecular weight excluding hydrogens is 424 g/mol. The minimum atomic E-state index is -0.422. The monoisotopic (exact) mass is 462 g/mol. The van der Waals surface area contributed by atoms with Gasteiger partial charge in [0.25, 0.3) is 0 Å². The maximum atomic E-state index is 6.01. The van der Waals surface area contributed by atoms with Gasteiger partial charge in [-0.1, -0.05) is 39.8 Å². The summed E-state index contributed by atoms with van der Waals surface area (Å²) in [6.07, 6.45) is 0. The number of aliphatic imine (C=N–C) groups is 2. The first kappa shape index (κ1) is 24.4. The molecule has 4 heterocycles. The van der Waals surface area contributed by atoms with Gasteiger partial charge in [0.15, 0.2) is 11.8 Å². The number of rotatable bonds is 7. The molecule has 6 nitrogen and oxygen atoms in total. The first-order chi connectivity index (χ1) is 16.0. The van der Waals surface area contributed by atoms with E-state index in [9.17, 15) is 0 Å². The fourth-order valence-electron chi connectivity index (χ4n) is 4.22. The summed E-state index contributed by atoms with van der Waals surface area (Å²) in [5.41, 5.74) is 2.66. The van der Waals surface area contributed by atoms with Crippen molar-refractivity contribution in [1.29, 1.82) is 0 Å². The van der Waals surface area contributed by atoms with E-state index in [0.717, 1.165) is 34.6 Å². The lowest BCUT2D eigenvalue weighted by Crippen LogP contribution is -2.31. The predicted octanol–water partition coefficient (Wildman–Crippen LogP) is 5.61. The molecule has 182 valence electrons. The van der Waals surface area contributed by atoms with E-state index in [0.29, 0.717) is 25.0 Å². The van der Waals surface area contributed by atoms with Crippen LogP contribution in [0.2, 0.25) is 0 Å². The summed E-state index contributed by atoms with van der Waals surface area (Å²) in [5.74, 6) is 2.42. The molecule has 0 radical (unpaired) electrons. The molecule has 2 atom stereocenters. The third kappa shape index (κ3) is 4.59. The normalized spacial score (nSPS) is 20.9. The zero-order valence-electron chi connectivity index (χ0n) is 21.8. The molecule has 34 heavy (non-hydrogen) atoms. The van der Waals surface area contributed by atoms with Crippen LogP contribution in [0, 0.1) is 11.8 Å². The highest BCUT2D eigenvalue weighted by Crippen LogP contribution is 2.32. The average molecular weight is 463 g/mol. The summed E-state index contributed by atoms with van der Waals surface area (Å²) in [6.45, 7) is 18.5. The van der Waals surface area contributed by atoms with E-state index in [-0.39, 0.29) is 12.1 Å². The predicted molar refractivity (Wildman–Crippen MR) is 138 cm³/mol. The van der Waals surface area contributed by atoms with Crippen LogP contribution < -0.4 is 0 Å². The molecule has 2 aromatic heterocycles. The minimum absolute atomic E-state index is 0.203. The highest BCUT2D eigenvalue weighted by Gasteiger charge is 2.37. The number of aromatic nitrogens is 2. The summed E-state index contributed by atoms with van der Waals surface area (Å²) >= 11 is 0. The minimum Gasteiger partial charge on any atom is -0.478 e. The second-order valence-corrected chi connectivity index (χ2v) is 11.2. The third-order valence-electron chi connectivity index (χ3n) is 7.00. The largest absolute Gasteiger partial charge is 0.478 e. The van der Waals surface area contributed by atoms with Gasteiger partial charge in [0, 0.05) is 0 Å². The maximum absolute atomic E-state index is 6.01. The van der Waals surface area contributed by atoms with Crippen LogP contribution in [0.25, 0.3) is 11.4 Å². The van der Waals surface area contributed by atoms with E-state index in [1.165, 1.54) is 0 Å². The molecule has 0 amide bonds. The van der Waals surface area contributed by atoms with Crippen LogP contribution in [0.5, 0.6) is 0 Å². The Morgan fingerprint density at radius 3 is 1.38 bits per heavy atom. The molecule has 0 aliphatic carbocycles. The Morgan fingerprint density at radius 2 is 1.06 bits per heavy atom. The van der Waals surface area contributed by atoms with Crippen molar-refractivity contribution in [3.63, 3.8) is 0 Å². The fraction of sp³-hybridized carbons (Fsp3) is 0.571. The lowest BCUT2D eigenvalue weighted by atomic mass is 9.87. The molecule has 0 unspecified atom stereocenters. The lowest BCUT2D eigenvalue weighted by molar-refractivity contribution is 0.273. The Balaban J connectivity index is 1.64. The zero-order valence-corrected chi connectivity index (χ0v) is 21.8. The molecule has 6 heteroatoms. The summed E-state index contributed by atoms with van der Waals surface area (Å²) in [5, 5.41) is 0. The van der Waals surface area contributed by atoms with Crippen molar-refractivity contribution < 1.29 is 9.47 Å². The molecule has 0 N–H and O–H groups in total. The van der Waals surface area contributed by atoms with Gasteiger partial charge in [-0.25, -0.2) is 9.98 Å².